The first-order valence-electron chi connectivity index (χ1n) is 11.2. The summed E-state index contributed by atoms with van der Waals surface area (Å²) in [5.41, 5.74) is 1.20. The van der Waals surface area contributed by atoms with Gasteiger partial charge in [-0.25, -0.2) is 17.7 Å². The van der Waals surface area contributed by atoms with E-state index >= 15 is 0 Å². The van der Waals surface area contributed by atoms with Crippen molar-refractivity contribution >= 4 is 38.8 Å². The molecule has 1 aliphatic heterocycles. The van der Waals surface area contributed by atoms with Gasteiger partial charge in [0.15, 0.2) is 0 Å². The van der Waals surface area contributed by atoms with Crippen LogP contribution in [0.4, 0.5) is 0 Å². The second kappa shape index (κ2) is 9.30. The number of benzene rings is 1. The number of carbonyl (C=O) groups excluding carboxylic acids is 3. The molecule has 4 rings (SSSR count). The maximum Gasteiger partial charge on any atom is 0.326 e. The number of allylic oxidation sites excluding steroid dienone is 2. The van der Waals surface area contributed by atoms with Gasteiger partial charge < -0.3 is 9.30 Å². The highest BCUT2D eigenvalue weighted by atomic mass is 32.2. The Morgan fingerprint density at radius 3 is 2.38 bits per heavy atom. The Labute approximate surface area is 198 Å². The summed E-state index contributed by atoms with van der Waals surface area (Å²) in [5, 5.41) is 0. The number of ether oxygens (including phenoxy) is 1. The summed E-state index contributed by atoms with van der Waals surface area (Å²) in [7, 11) is -0.699. The minimum atomic E-state index is -3.62. The molecule has 2 unspecified atom stereocenters. The Morgan fingerprint density at radius 2 is 1.79 bits per heavy atom. The van der Waals surface area contributed by atoms with Crippen molar-refractivity contribution in [2.75, 3.05) is 20.6 Å². The van der Waals surface area contributed by atoms with E-state index in [1.54, 1.807) is 6.07 Å². The van der Waals surface area contributed by atoms with Crippen molar-refractivity contribution in [2.24, 2.45) is 11.8 Å². The first-order chi connectivity index (χ1) is 16.1. The molecule has 1 fully saturated rings. The van der Waals surface area contributed by atoms with Crippen LogP contribution >= 0.6 is 0 Å². The minimum absolute atomic E-state index is 0.122. The molecule has 2 heterocycles. The number of nitrogens with zero attached hydrogens (tertiary/aromatic N) is 4. The third-order valence-corrected chi connectivity index (χ3v) is 8.08. The molecule has 182 valence electrons. The highest BCUT2D eigenvalue weighted by Gasteiger charge is 2.47. The minimum Gasteiger partial charge on any atom is -0.456 e. The van der Waals surface area contributed by atoms with E-state index in [-0.39, 0.29) is 23.3 Å². The largest absolute Gasteiger partial charge is 0.456 e. The highest BCUT2D eigenvalue weighted by Crippen LogP contribution is 2.35. The quantitative estimate of drug-likeness (QED) is 0.315. The summed E-state index contributed by atoms with van der Waals surface area (Å²) in [4.78, 5) is 43.3. The van der Waals surface area contributed by atoms with Crippen LogP contribution in [-0.2, 0) is 42.3 Å². The lowest BCUT2D eigenvalue weighted by atomic mass is 9.85. The summed E-state index contributed by atoms with van der Waals surface area (Å²) in [6, 6.07) is 4.72. The first-order valence-corrected chi connectivity index (χ1v) is 12.7. The van der Waals surface area contributed by atoms with Crippen LogP contribution in [0.2, 0.25) is 0 Å². The van der Waals surface area contributed by atoms with E-state index in [4.69, 9.17) is 4.74 Å². The summed E-state index contributed by atoms with van der Waals surface area (Å²) >= 11 is 0. The number of sulfonamides is 1. The number of fused-ring (bicyclic) bond motifs is 2. The molecule has 11 heteroatoms. The molecule has 2 amide bonds. The Bertz CT molecular complexity index is 1250. The molecule has 0 radical (unpaired) electrons. The monoisotopic (exact) mass is 488 g/mol. The van der Waals surface area contributed by atoms with Gasteiger partial charge in [0.25, 0.3) is 0 Å². The molecular formula is C23H28N4O6S. The molecule has 1 aliphatic carbocycles. The Balaban J connectivity index is 1.50. The molecule has 0 bridgehead atoms. The van der Waals surface area contributed by atoms with Crippen LogP contribution in [0.15, 0.2) is 35.2 Å². The number of amides is 2. The number of aryl methyl sites for hydroxylation is 1. The lowest BCUT2D eigenvalue weighted by Crippen LogP contribution is -2.36. The lowest BCUT2D eigenvalue weighted by Gasteiger charge is -2.14. The average Bonchev–Trinajstić information content (AvgIpc) is 3.28. The molecule has 1 aromatic carbocycles. The number of imide groups is 1. The Morgan fingerprint density at radius 1 is 1.15 bits per heavy atom. The van der Waals surface area contributed by atoms with Gasteiger partial charge in [0.1, 0.15) is 19.0 Å². The van der Waals surface area contributed by atoms with Crippen LogP contribution in [-0.4, -0.2) is 65.6 Å². The molecule has 1 saturated heterocycles. The van der Waals surface area contributed by atoms with Crippen molar-refractivity contribution in [3.8, 4) is 0 Å². The van der Waals surface area contributed by atoms with Crippen LogP contribution in [0.1, 0.15) is 32.0 Å². The summed E-state index contributed by atoms with van der Waals surface area (Å²) in [5.74, 6) is -1.69. The zero-order valence-corrected chi connectivity index (χ0v) is 20.2. The van der Waals surface area contributed by atoms with Gasteiger partial charge in [-0.3, -0.25) is 19.3 Å². The van der Waals surface area contributed by atoms with Crippen molar-refractivity contribution in [3.05, 3.63) is 36.2 Å². The molecular weight excluding hydrogens is 460 g/mol. The van der Waals surface area contributed by atoms with Crippen LogP contribution < -0.4 is 0 Å². The van der Waals surface area contributed by atoms with E-state index < -0.39 is 34.4 Å². The third kappa shape index (κ3) is 4.25. The van der Waals surface area contributed by atoms with E-state index in [2.05, 4.69) is 4.98 Å². The summed E-state index contributed by atoms with van der Waals surface area (Å²) in [6.45, 7) is 2.01. The first kappa shape index (κ1) is 24.1. The van der Waals surface area contributed by atoms with Crippen molar-refractivity contribution in [1.29, 1.82) is 0 Å². The topological polar surface area (TPSA) is 119 Å². The molecule has 10 nitrogen and oxygen atoms in total. The normalized spacial score (nSPS) is 20.4. The number of likely N-dealkylation sites (tertiary alicyclic amines) is 1. The number of rotatable bonds is 8. The number of aromatic nitrogens is 2. The predicted octanol–water partition coefficient (Wildman–Crippen LogP) is 1.69. The van der Waals surface area contributed by atoms with Crippen molar-refractivity contribution in [2.45, 2.75) is 44.2 Å². The maximum atomic E-state index is 12.6. The molecule has 34 heavy (non-hydrogen) atoms. The van der Waals surface area contributed by atoms with Gasteiger partial charge in [-0.2, -0.15) is 0 Å². The van der Waals surface area contributed by atoms with E-state index in [0.29, 0.717) is 30.7 Å². The van der Waals surface area contributed by atoms with Crippen molar-refractivity contribution in [3.63, 3.8) is 0 Å². The fourth-order valence-corrected chi connectivity index (χ4v) is 5.38. The molecule has 0 spiro atoms. The molecule has 2 atom stereocenters. The van der Waals surface area contributed by atoms with Gasteiger partial charge >= 0.3 is 5.97 Å². The molecule has 0 N–H and O–H groups in total. The fraction of sp³-hybridized carbons (Fsp3) is 0.478. The molecule has 2 aromatic rings. The van der Waals surface area contributed by atoms with Crippen LogP contribution in [0.25, 0.3) is 11.0 Å². The number of esters is 1. The van der Waals surface area contributed by atoms with Gasteiger partial charge in [0.05, 0.1) is 27.8 Å². The molecule has 1 aromatic heterocycles. The van der Waals surface area contributed by atoms with Crippen LogP contribution in [0, 0.1) is 11.8 Å². The summed E-state index contributed by atoms with van der Waals surface area (Å²) < 4.78 is 33.3. The zero-order valence-electron chi connectivity index (χ0n) is 19.4. The average molecular weight is 489 g/mol. The predicted molar refractivity (Wildman–Crippen MR) is 123 cm³/mol. The van der Waals surface area contributed by atoms with Gasteiger partial charge in [-0.15, -0.1) is 0 Å². The maximum absolute atomic E-state index is 12.6. The second-order valence-electron chi connectivity index (χ2n) is 8.70. The smallest absolute Gasteiger partial charge is 0.326 e. The molecule has 0 saturated carbocycles. The van der Waals surface area contributed by atoms with E-state index in [0.717, 1.165) is 21.1 Å². The van der Waals surface area contributed by atoms with Crippen LogP contribution in [0.3, 0.4) is 0 Å². The van der Waals surface area contributed by atoms with E-state index in [9.17, 15) is 22.8 Å². The van der Waals surface area contributed by atoms with Gasteiger partial charge in [-0.05, 0) is 37.5 Å². The zero-order chi connectivity index (χ0) is 24.6. The lowest BCUT2D eigenvalue weighted by molar-refractivity contribution is -0.154. The van der Waals surface area contributed by atoms with Gasteiger partial charge in [0, 0.05) is 20.6 Å². The van der Waals surface area contributed by atoms with Crippen LogP contribution in [0.5, 0.6) is 0 Å². The second-order valence-corrected chi connectivity index (χ2v) is 10.8. The number of carbonyl (C=O) groups is 3. The van der Waals surface area contributed by atoms with Crippen molar-refractivity contribution < 1.29 is 27.5 Å². The molecule has 2 aliphatic rings. The summed E-state index contributed by atoms with van der Waals surface area (Å²) in [6.07, 6.45) is 5.58. The van der Waals surface area contributed by atoms with Gasteiger partial charge in [0.2, 0.25) is 21.8 Å². The highest BCUT2D eigenvalue weighted by molar-refractivity contribution is 7.89. The Kier molecular flexibility index (Phi) is 6.59. The number of imidazole rings is 1. The van der Waals surface area contributed by atoms with E-state index in [1.165, 1.54) is 26.2 Å². The van der Waals surface area contributed by atoms with E-state index in [1.807, 2.05) is 23.6 Å². The third-order valence-electron chi connectivity index (χ3n) is 6.27. The van der Waals surface area contributed by atoms with Gasteiger partial charge in [-0.1, -0.05) is 19.1 Å². The fourth-order valence-electron chi connectivity index (χ4n) is 4.46. The standard InChI is InChI=1S/C23H28N4O6S/c1-4-11-26-19-10-9-15(34(31,32)25(2)3)12-18(19)24-20(26)14-33-21(28)13-27-22(29)16-7-5-6-8-17(16)23(27)30/h5-6,9-10,12,16-17H,4,7-8,11,13-14H2,1-3H3. The Hall–Kier alpha value is -3.05. The number of hydrogen-bond donors (Lipinski definition) is 0. The SMILES string of the molecule is CCCn1c(COC(=O)CN2C(=O)C3CC=CCC3C2=O)nc2cc(S(=O)(=O)N(C)C)ccc21. The van der Waals surface area contributed by atoms with Crippen molar-refractivity contribution in [1.82, 2.24) is 18.8 Å². The number of hydrogen-bond acceptors (Lipinski definition) is 7.